The molecule has 2 aromatic carbocycles. The standard InChI is InChI=1S/C19H21ClN2O/c1-14-10-16(12-17(20)11-14)18(23)22(19(2,3)4)21-13-15-8-6-5-7-9-15/h5-13H,1-4H3/b21-13+. The second kappa shape index (κ2) is 6.97. The normalized spacial score (nSPS) is 11.7. The Morgan fingerprint density at radius 2 is 1.78 bits per heavy atom. The summed E-state index contributed by atoms with van der Waals surface area (Å²) < 4.78 is 0. The summed E-state index contributed by atoms with van der Waals surface area (Å²) in [7, 11) is 0. The van der Waals surface area contributed by atoms with Gasteiger partial charge in [0.25, 0.3) is 5.91 Å². The Balaban J connectivity index is 2.35. The van der Waals surface area contributed by atoms with E-state index < -0.39 is 5.54 Å². The van der Waals surface area contributed by atoms with Crippen LogP contribution in [0.1, 0.15) is 42.3 Å². The van der Waals surface area contributed by atoms with Crippen molar-refractivity contribution in [1.29, 1.82) is 0 Å². The Morgan fingerprint density at radius 1 is 1.13 bits per heavy atom. The summed E-state index contributed by atoms with van der Waals surface area (Å²) >= 11 is 6.08. The number of nitrogens with zero attached hydrogens (tertiary/aromatic N) is 2. The molecule has 2 aromatic rings. The lowest BCUT2D eigenvalue weighted by molar-refractivity contribution is 0.0593. The van der Waals surface area contributed by atoms with Crippen LogP contribution in [0.3, 0.4) is 0 Å². The summed E-state index contributed by atoms with van der Waals surface area (Å²) in [4.78, 5) is 12.9. The Morgan fingerprint density at radius 3 is 2.35 bits per heavy atom. The van der Waals surface area contributed by atoms with Crippen molar-refractivity contribution in [3.63, 3.8) is 0 Å². The summed E-state index contributed by atoms with van der Waals surface area (Å²) in [6, 6.07) is 15.0. The molecule has 0 saturated heterocycles. The van der Waals surface area contributed by atoms with Crippen LogP contribution in [-0.4, -0.2) is 22.7 Å². The van der Waals surface area contributed by atoms with Crippen LogP contribution in [0.25, 0.3) is 0 Å². The van der Waals surface area contributed by atoms with Gasteiger partial charge in [0, 0.05) is 10.6 Å². The van der Waals surface area contributed by atoms with Crippen molar-refractivity contribution in [2.24, 2.45) is 5.10 Å². The number of aryl methyl sites for hydroxylation is 1. The SMILES string of the molecule is Cc1cc(Cl)cc(C(=O)N(/N=C/c2ccccc2)C(C)(C)C)c1. The summed E-state index contributed by atoms with van der Waals surface area (Å²) in [5.41, 5.74) is 1.98. The van der Waals surface area contributed by atoms with Crippen molar-refractivity contribution in [1.82, 2.24) is 5.01 Å². The first kappa shape index (κ1) is 17.2. The largest absolute Gasteiger partial charge is 0.274 e. The average Bonchev–Trinajstić information content (AvgIpc) is 2.46. The molecule has 0 N–H and O–H groups in total. The minimum Gasteiger partial charge on any atom is -0.267 e. The van der Waals surface area contributed by atoms with Crippen LogP contribution in [-0.2, 0) is 0 Å². The van der Waals surface area contributed by atoms with Crippen LogP contribution in [0, 0.1) is 6.92 Å². The monoisotopic (exact) mass is 328 g/mol. The predicted molar refractivity (Wildman–Crippen MR) is 96.1 cm³/mol. The molecule has 0 atom stereocenters. The van der Waals surface area contributed by atoms with Crippen molar-refractivity contribution < 1.29 is 4.79 Å². The van der Waals surface area contributed by atoms with Gasteiger partial charge < -0.3 is 0 Å². The van der Waals surface area contributed by atoms with Gasteiger partial charge in [0.05, 0.1) is 11.8 Å². The minimum atomic E-state index is -0.446. The fraction of sp³-hybridized carbons (Fsp3) is 0.263. The van der Waals surface area contributed by atoms with Crippen molar-refractivity contribution >= 4 is 23.7 Å². The van der Waals surface area contributed by atoms with Crippen LogP contribution in [0.5, 0.6) is 0 Å². The summed E-state index contributed by atoms with van der Waals surface area (Å²) in [6.07, 6.45) is 1.69. The van der Waals surface area contributed by atoms with E-state index in [4.69, 9.17) is 11.6 Å². The van der Waals surface area contributed by atoms with Gasteiger partial charge in [-0.25, -0.2) is 5.01 Å². The van der Waals surface area contributed by atoms with E-state index in [1.54, 1.807) is 12.3 Å². The van der Waals surface area contributed by atoms with Crippen molar-refractivity contribution in [3.8, 4) is 0 Å². The first-order valence-electron chi connectivity index (χ1n) is 7.48. The number of carbonyl (C=O) groups excluding carboxylic acids is 1. The highest BCUT2D eigenvalue weighted by Gasteiger charge is 2.27. The molecule has 23 heavy (non-hydrogen) atoms. The Labute approximate surface area is 142 Å². The van der Waals surface area contributed by atoms with Crippen LogP contribution in [0.2, 0.25) is 5.02 Å². The lowest BCUT2D eigenvalue weighted by atomic mass is 10.1. The van der Waals surface area contributed by atoms with Gasteiger partial charge in [-0.2, -0.15) is 5.10 Å². The predicted octanol–water partition coefficient (Wildman–Crippen LogP) is 4.92. The van der Waals surface area contributed by atoms with Crippen LogP contribution in [0.4, 0.5) is 0 Å². The molecular formula is C19H21ClN2O. The molecular weight excluding hydrogens is 308 g/mol. The molecule has 0 heterocycles. The van der Waals surface area contributed by atoms with Gasteiger partial charge in [-0.05, 0) is 57.0 Å². The summed E-state index contributed by atoms with van der Waals surface area (Å²) in [6.45, 7) is 7.76. The van der Waals surface area contributed by atoms with E-state index >= 15 is 0 Å². The molecule has 0 bridgehead atoms. The first-order valence-corrected chi connectivity index (χ1v) is 7.86. The molecule has 120 valence electrons. The van der Waals surface area contributed by atoms with Gasteiger partial charge >= 0.3 is 0 Å². The lowest BCUT2D eigenvalue weighted by Gasteiger charge is -2.31. The van der Waals surface area contributed by atoms with Crippen LogP contribution >= 0.6 is 11.6 Å². The molecule has 0 unspecified atom stereocenters. The Hall–Kier alpha value is -2.13. The van der Waals surface area contributed by atoms with Gasteiger partial charge in [0.15, 0.2) is 0 Å². The van der Waals surface area contributed by atoms with E-state index in [1.165, 1.54) is 5.01 Å². The summed E-state index contributed by atoms with van der Waals surface area (Å²) in [5.74, 6) is -0.171. The number of halogens is 1. The lowest BCUT2D eigenvalue weighted by Crippen LogP contribution is -2.42. The zero-order valence-corrected chi connectivity index (χ0v) is 14.6. The van der Waals surface area contributed by atoms with E-state index in [0.29, 0.717) is 10.6 Å². The molecule has 4 heteroatoms. The highest BCUT2D eigenvalue weighted by atomic mass is 35.5. The summed E-state index contributed by atoms with van der Waals surface area (Å²) in [5, 5.41) is 6.46. The highest BCUT2D eigenvalue weighted by Crippen LogP contribution is 2.21. The van der Waals surface area contributed by atoms with Crippen molar-refractivity contribution in [2.45, 2.75) is 33.2 Å². The molecule has 0 spiro atoms. The fourth-order valence-corrected chi connectivity index (χ4v) is 2.47. The minimum absolute atomic E-state index is 0.171. The maximum Gasteiger partial charge on any atom is 0.274 e. The third-order valence-corrected chi connectivity index (χ3v) is 3.46. The number of amides is 1. The zero-order chi connectivity index (χ0) is 17.0. The quantitative estimate of drug-likeness (QED) is 0.581. The van der Waals surface area contributed by atoms with E-state index in [2.05, 4.69) is 5.10 Å². The maximum atomic E-state index is 12.9. The van der Waals surface area contributed by atoms with Crippen molar-refractivity contribution in [2.75, 3.05) is 0 Å². The van der Waals surface area contributed by atoms with E-state index in [0.717, 1.165) is 11.1 Å². The van der Waals surface area contributed by atoms with Gasteiger partial charge in [0.2, 0.25) is 0 Å². The van der Waals surface area contributed by atoms with Crippen LogP contribution in [0.15, 0.2) is 53.6 Å². The van der Waals surface area contributed by atoms with Gasteiger partial charge in [-0.1, -0.05) is 41.9 Å². The number of carbonyl (C=O) groups is 1. The molecule has 0 saturated carbocycles. The van der Waals surface area contributed by atoms with Crippen molar-refractivity contribution in [3.05, 3.63) is 70.2 Å². The first-order chi connectivity index (χ1) is 10.8. The number of hydrazone groups is 1. The number of hydrogen-bond acceptors (Lipinski definition) is 2. The second-order valence-electron chi connectivity index (χ2n) is 6.46. The third-order valence-electron chi connectivity index (χ3n) is 3.24. The molecule has 0 aliphatic rings. The van der Waals surface area contributed by atoms with E-state index in [-0.39, 0.29) is 5.91 Å². The topological polar surface area (TPSA) is 32.7 Å². The molecule has 0 fully saturated rings. The molecule has 0 radical (unpaired) electrons. The molecule has 2 rings (SSSR count). The Kier molecular flexibility index (Phi) is 5.22. The van der Waals surface area contributed by atoms with Gasteiger partial charge in [0.1, 0.15) is 0 Å². The highest BCUT2D eigenvalue weighted by molar-refractivity contribution is 6.31. The smallest absolute Gasteiger partial charge is 0.267 e. The van der Waals surface area contributed by atoms with E-state index in [9.17, 15) is 4.79 Å². The van der Waals surface area contributed by atoms with E-state index in [1.807, 2.05) is 70.2 Å². The molecule has 0 aliphatic heterocycles. The molecule has 0 aromatic heterocycles. The number of rotatable bonds is 3. The van der Waals surface area contributed by atoms with Gasteiger partial charge in [-0.3, -0.25) is 4.79 Å². The fourth-order valence-electron chi connectivity index (χ4n) is 2.18. The molecule has 0 aliphatic carbocycles. The maximum absolute atomic E-state index is 12.9. The zero-order valence-electron chi connectivity index (χ0n) is 13.9. The second-order valence-corrected chi connectivity index (χ2v) is 6.90. The molecule has 1 amide bonds. The molecule has 3 nitrogen and oxygen atoms in total. The van der Waals surface area contributed by atoms with Gasteiger partial charge in [-0.15, -0.1) is 0 Å². The average molecular weight is 329 g/mol. The third kappa shape index (κ3) is 4.67. The van der Waals surface area contributed by atoms with Crippen LogP contribution < -0.4 is 0 Å². The Bertz CT molecular complexity index is 698. The number of hydrogen-bond donors (Lipinski definition) is 0. The number of benzene rings is 2.